The lowest BCUT2D eigenvalue weighted by atomic mass is 10.1. The first-order valence-corrected chi connectivity index (χ1v) is 10.2. The van der Waals surface area contributed by atoms with E-state index in [1.165, 1.54) is 47.8 Å². The summed E-state index contributed by atoms with van der Waals surface area (Å²) in [5, 5.41) is 0. The summed E-state index contributed by atoms with van der Waals surface area (Å²) in [4.78, 5) is 8.56. The number of nitrogens with zero attached hydrogens (tertiary/aromatic N) is 2. The van der Waals surface area contributed by atoms with Gasteiger partial charge in [-0.3, -0.25) is 4.98 Å². The fourth-order valence-electron chi connectivity index (χ4n) is 3.34. The van der Waals surface area contributed by atoms with E-state index in [1.807, 2.05) is 12.3 Å². The van der Waals surface area contributed by atoms with Crippen LogP contribution in [-0.4, -0.2) is 33.6 Å². The maximum Gasteiger partial charge on any atom is 0.0685 e. The molecule has 0 radical (unpaired) electrons. The molecule has 0 amide bonds. The van der Waals surface area contributed by atoms with Gasteiger partial charge in [-0.15, -0.1) is 23.5 Å². The molecule has 1 saturated heterocycles. The third-order valence-electron chi connectivity index (χ3n) is 4.79. The molecule has 0 unspecified atom stereocenters. The smallest absolute Gasteiger partial charge is 0.0685 e. The zero-order valence-corrected chi connectivity index (χ0v) is 14.9. The minimum absolute atomic E-state index is 0.413. The van der Waals surface area contributed by atoms with Crippen LogP contribution in [0.15, 0.2) is 53.6 Å². The Morgan fingerprint density at radius 3 is 2.70 bits per heavy atom. The van der Waals surface area contributed by atoms with Crippen molar-refractivity contribution >= 4 is 23.5 Å². The molecule has 120 valence electrons. The minimum atomic E-state index is 0.413. The third kappa shape index (κ3) is 3.59. The van der Waals surface area contributed by atoms with Crippen molar-refractivity contribution in [2.45, 2.75) is 34.0 Å². The summed E-state index contributed by atoms with van der Waals surface area (Å²) >= 11 is 4.29. The molecule has 2 nitrogen and oxygen atoms in total. The van der Waals surface area contributed by atoms with E-state index in [4.69, 9.17) is 0 Å². The van der Waals surface area contributed by atoms with Crippen molar-refractivity contribution in [3.05, 3.63) is 59.9 Å². The molecule has 0 saturated carbocycles. The fraction of sp³-hybridized carbons (Fsp3) is 0.421. The van der Waals surface area contributed by atoms with E-state index in [-0.39, 0.29) is 0 Å². The molecule has 1 spiro atoms. The van der Waals surface area contributed by atoms with Crippen molar-refractivity contribution in [2.24, 2.45) is 0 Å². The highest BCUT2D eigenvalue weighted by Crippen LogP contribution is 2.54. The summed E-state index contributed by atoms with van der Waals surface area (Å²) in [5.74, 6) is 1.18. The Bertz CT molecular complexity index is 651. The van der Waals surface area contributed by atoms with Crippen LogP contribution in [0.5, 0.6) is 0 Å². The molecule has 0 bridgehead atoms. The predicted octanol–water partition coefficient (Wildman–Crippen LogP) is 4.46. The van der Waals surface area contributed by atoms with Crippen LogP contribution in [-0.2, 0) is 12.2 Å². The van der Waals surface area contributed by atoms with Crippen molar-refractivity contribution < 1.29 is 0 Å². The molecule has 4 heteroatoms. The Balaban J connectivity index is 1.33. The zero-order valence-electron chi connectivity index (χ0n) is 13.3. The van der Waals surface area contributed by atoms with Gasteiger partial charge in [0.25, 0.3) is 0 Å². The Labute approximate surface area is 147 Å². The Morgan fingerprint density at radius 1 is 1.04 bits per heavy atom. The van der Waals surface area contributed by atoms with Gasteiger partial charge < -0.3 is 4.90 Å². The van der Waals surface area contributed by atoms with Gasteiger partial charge in [0.15, 0.2) is 0 Å². The fourth-order valence-corrected chi connectivity index (χ4v) is 6.46. The molecule has 1 aromatic carbocycles. The van der Waals surface area contributed by atoms with Crippen LogP contribution in [0, 0.1) is 0 Å². The van der Waals surface area contributed by atoms with Crippen LogP contribution in [0.1, 0.15) is 24.1 Å². The number of hydrogen-bond acceptors (Lipinski definition) is 4. The van der Waals surface area contributed by atoms with Gasteiger partial charge in [0, 0.05) is 48.6 Å². The number of aromatic nitrogens is 1. The number of rotatable bonds is 3. The average molecular weight is 343 g/mol. The van der Waals surface area contributed by atoms with Crippen LogP contribution in [0.2, 0.25) is 0 Å². The maximum atomic E-state index is 4.44. The lowest BCUT2D eigenvalue weighted by Crippen LogP contribution is -2.42. The number of thioether (sulfide) groups is 2. The summed E-state index contributed by atoms with van der Waals surface area (Å²) < 4.78 is 0.413. The molecule has 2 aliphatic rings. The third-order valence-corrected chi connectivity index (χ3v) is 8.18. The van der Waals surface area contributed by atoms with Crippen LogP contribution in [0.4, 0.5) is 0 Å². The van der Waals surface area contributed by atoms with Gasteiger partial charge in [-0.05, 0) is 36.6 Å². The van der Waals surface area contributed by atoms with Crippen molar-refractivity contribution in [2.75, 3.05) is 19.6 Å². The largest absolute Gasteiger partial charge is 0.303 e. The van der Waals surface area contributed by atoms with Gasteiger partial charge in [-0.25, -0.2) is 0 Å². The van der Waals surface area contributed by atoms with Gasteiger partial charge in [-0.2, -0.15) is 0 Å². The lowest BCUT2D eigenvalue weighted by Gasteiger charge is -2.43. The Kier molecular flexibility index (Phi) is 4.65. The number of benzene rings is 1. The van der Waals surface area contributed by atoms with Crippen molar-refractivity contribution in [3.8, 4) is 0 Å². The number of pyridine rings is 1. The van der Waals surface area contributed by atoms with E-state index in [0.29, 0.717) is 4.08 Å². The number of piperidine rings is 1. The summed E-state index contributed by atoms with van der Waals surface area (Å²) in [5.41, 5.74) is 2.73. The standard InChI is InChI=1S/C19H22N2S2/c1-2-7-18-16(5-1)15-22-19(23-18)9-13-21(14-10-19)12-8-17-6-3-4-11-20-17/h1-7,11H,8-10,12-15H2. The first kappa shape index (κ1) is 15.6. The molecule has 2 aromatic rings. The summed E-state index contributed by atoms with van der Waals surface area (Å²) in [7, 11) is 0. The second-order valence-corrected chi connectivity index (χ2v) is 9.36. The average Bonchev–Trinajstić information content (AvgIpc) is 2.62. The molecule has 23 heavy (non-hydrogen) atoms. The Hall–Kier alpha value is -0.970. The molecular formula is C19H22N2S2. The topological polar surface area (TPSA) is 16.1 Å². The van der Waals surface area contributed by atoms with Gasteiger partial charge in [0.2, 0.25) is 0 Å². The van der Waals surface area contributed by atoms with Crippen molar-refractivity contribution in [1.82, 2.24) is 9.88 Å². The summed E-state index contributed by atoms with van der Waals surface area (Å²) in [6, 6.07) is 15.1. The van der Waals surface area contributed by atoms with E-state index in [9.17, 15) is 0 Å². The SMILES string of the molecule is c1ccc(CCN2CCC3(CC2)SCc2ccccc2S3)nc1. The van der Waals surface area contributed by atoms with Crippen LogP contribution >= 0.6 is 23.5 Å². The van der Waals surface area contributed by atoms with E-state index in [0.717, 1.165) is 13.0 Å². The van der Waals surface area contributed by atoms with Gasteiger partial charge in [-0.1, -0.05) is 24.3 Å². The minimum Gasteiger partial charge on any atom is -0.303 e. The highest BCUT2D eigenvalue weighted by molar-refractivity contribution is 8.18. The highest BCUT2D eigenvalue weighted by Gasteiger charge is 2.38. The predicted molar refractivity (Wildman–Crippen MR) is 99.9 cm³/mol. The van der Waals surface area contributed by atoms with Gasteiger partial charge in [0.05, 0.1) is 4.08 Å². The van der Waals surface area contributed by atoms with E-state index >= 15 is 0 Å². The molecule has 1 fully saturated rings. The first-order chi connectivity index (χ1) is 11.3. The number of fused-ring (bicyclic) bond motifs is 1. The summed E-state index contributed by atoms with van der Waals surface area (Å²) in [6.07, 6.45) is 5.54. The first-order valence-electron chi connectivity index (χ1n) is 8.36. The van der Waals surface area contributed by atoms with E-state index < -0.39 is 0 Å². The molecule has 0 aliphatic carbocycles. The van der Waals surface area contributed by atoms with Gasteiger partial charge >= 0.3 is 0 Å². The summed E-state index contributed by atoms with van der Waals surface area (Å²) in [6.45, 7) is 3.57. The molecule has 2 aliphatic heterocycles. The monoisotopic (exact) mass is 342 g/mol. The van der Waals surface area contributed by atoms with E-state index in [2.05, 4.69) is 69.8 Å². The number of hydrogen-bond donors (Lipinski definition) is 0. The van der Waals surface area contributed by atoms with Crippen LogP contribution in [0.3, 0.4) is 0 Å². The molecule has 0 atom stereocenters. The van der Waals surface area contributed by atoms with Crippen molar-refractivity contribution in [1.29, 1.82) is 0 Å². The normalized spacial score (nSPS) is 20.3. The van der Waals surface area contributed by atoms with Gasteiger partial charge in [0.1, 0.15) is 0 Å². The molecule has 0 N–H and O–H groups in total. The highest BCUT2D eigenvalue weighted by atomic mass is 32.2. The van der Waals surface area contributed by atoms with Crippen LogP contribution < -0.4 is 0 Å². The molecule has 4 rings (SSSR count). The number of likely N-dealkylation sites (tertiary alicyclic amines) is 1. The van der Waals surface area contributed by atoms with E-state index in [1.54, 1.807) is 0 Å². The maximum absolute atomic E-state index is 4.44. The second kappa shape index (κ2) is 6.88. The molecule has 3 heterocycles. The van der Waals surface area contributed by atoms with Crippen molar-refractivity contribution in [3.63, 3.8) is 0 Å². The molecule has 1 aromatic heterocycles. The van der Waals surface area contributed by atoms with Crippen LogP contribution in [0.25, 0.3) is 0 Å². The Morgan fingerprint density at radius 2 is 1.87 bits per heavy atom. The zero-order chi connectivity index (χ0) is 15.5. The second-order valence-electron chi connectivity index (χ2n) is 6.32. The quantitative estimate of drug-likeness (QED) is 0.818. The lowest BCUT2D eigenvalue weighted by molar-refractivity contribution is 0.227. The molecular weight excluding hydrogens is 320 g/mol.